The summed E-state index contributed by atoms with van der Waals surface area (Å²) in [6, 6.07) is 7.30. The predicted molar refractivity (Wildman–Crippen MR) is 82.9 cm³/mol. The van der Waals surface area contributed by atoms with Gasteiger partial charge in [0.25, 0.3) is 0 Å². The second-order valence-electron chi connectivity index (χ2n) is 5.88. The van der Waals surface area contributed by atoms with Crippen molar-refractivity contribution in [2.24, 2.45) is 11.7 Å². The number of rotatable bonds is 5. The number of fused-ring (bicyclic) bond motifs is 1. The molecule has 0 saturated carbocycles. The molecule has 21 heavy (non-hydrogen) atoms. The van der Waals surface area contributed by atoms with Crippen molar-refractivity contribution >= 4 is 17.5 Å². The van der Waals surface area contributed by atoms with Crippen LogP contribution in [0.25, 0.3) is 0 Å². The minimum atomic E-state index is -0.552. The van der Waals surface area contributed by atoms with Crippen LogP contribution in [0.3, 0.4) is 0 Å². The minimum absolute atomic E-state index is 0.00103. The molecule has 5 nitrogen and oxygen atoms in total. The molecule has 2 rings (SSSR count). The first-order valence-corrected chi connectivity index (χ1v) is 7.40. The number of para-hydroxylation sites is 1. The van der Waals surface area contributed by atoms with Crippen molar-refractivity contribution in [3.63, 3.8) is 0 Å². The molecule has 0 saturated heterocycles. The summed E-state index contributed by atoms with van der Waals surface area (Å²) in [6.07, 6.45) is 1.48. The predicted octanol–water partition coefficient (Wildman–Crippen LogP) is 1.07. The molecule has 0 unspecified atom stereocenters. The molecule has 1 heterocycles. The lowest BCUT2D eigenvalue weighted by Gasteiger charge is -2.19. The van der Waals surface area contributed by atoms with Gasteiger partial charge in [0.05, 0.1) is 12.6 Å². The number of hydrogen-bond donors (Lipinski definition) is 2. The highest BCUT2D eigenvalue weighted by molar-refractivity contribution is 5.98. The van der Waals surface area contributed by atoms with Gasteiger partial charge >= 0.3 is 0 Å². The second kappa shape index (κ2) is 6.72. The Morgan fingerprint density at radius 3 is 2.76 bits per heavy atom. The molecule has 5 heteroatoms. The molecule has 114 valence electrons. The third kappa shape index (κ3) is 3.82. The van der Waals surface area contributed by atoms with E-state index in [2.05, 4.69) is 5.32 Å². The molecule has 1 aromatic rings. The number of carbonyl (C=O) groups is 2. The van der Waals surface area contributed by atoms with E-state index in [9.17, 15) is 9.59 Å². The molecule has 1 aliphatic rings. The smallest absolute Gasteiger partial charge is 0.246 e. The molecule has 1 atom stereocenters. The van der Waals surface area contributed by atoms with E-state index in [-0.39, 0.29) is 18.4 Å². The first-order valence-electron chi connectivity index (χ1n) is 7.40. The van der Waals surface area contributed by atoms with E-state index in [1.54, 1.807) is 4.90 Å². The van der Waals surface area contributed by atoms with Crippen molar-refractivity contribution in [2.45, 2.75) is 32.7 Å². The van der Waals surface area contributed by atoms with E-state index < -0.39 is 6.04 Å². The largest absolute Gasteiger partial charge is 0.346 e. The van der Waals surface area contributed by atoms with Gasteiger partial charge in [-0.1, -0.05) is 32.0 Å². The van der Waals surface area contributed by atoms with Gasteiger partial charge in [0, 0.05) is 12.2 Å². The summed E-state index contributed by atoms with van der Waals surface area (Å²) in [4.78, 5) is 25.8. The fraction of sp³-hybridized carbons (Fsp3) is 0.500. The number of carbonyl (C=O) groups excluding carboxylic acids is 2. The van der Waals surface area contributed by atoms with E-state index in [0.29, 0.717) is 18.9 Å². The normalized spacial score (nSPS) is 15.0. The van der Waals surface area contributed by atoms with Crippen molar-refractivity contribution in [3.8, 4) is 0 Å². The zero-order valence-corrected chi connectivity index (χ0v) is 12.6. The maximum Gasteiger partial charge on any atom is 0.246 e. The first kappa shape index (κ1) is 15.5. The summed E-state index contributed by atoms with van der Waals surface area (Å²) in [5.41, 5.74) is 7.92. The van der Waals surface area contributed by atoms with Gasteiger partial charge < -0.3 is 16.0 Å². The third-order valence-electron chi connectivity index (χ3n) is 3.66. The molecule has 0 fully saturated rings. The molecule has 1 aliphatic heterocycles. The van der Waals surface area contributed by atoms with Crippen LogP contribution in [0.15, 0.2) is 24.3 Å². The maximum absolute atomic E-state index is 12.2. The number of nitrogens with two attached hydrogens (primary N) is 1. The molecule has 0 bridgehead atoms. The summed E-state index contributed by atoms with van der Waals surface area (Å²) < 4.78 is 0. The second-order valence-corrected chi connectivity index (χ2v) is 5.88. The summed E-state index contributed by atoms with van der Waals surface area (Å²) in [5.74, 6) is 0.00138. The Hall–Kier alpha value is -1.88. The molecule has 2 amide bonds. The summed E-state index contributed by atoms with van der Waals surface area (Å²) in [5, 5.41) is 2.64. The molecular formula is C16H23N3O2. The SMILES string of the molecule is CC(C)C[C@H](N)C(=O)NCC(=O)N1CCc2ccccc21. The Balaban J connectivity index is 1.87. The molecule has 0 spiro atoms. The van der Waals surface area contributed by atoms with Crippen LogP contribution in [-0.2, 0) is 16.0 Å². The van der Waals surface area contributed by atoms with Gasteiger partial charge in [-0.05, 0) is 30.4 Å². The lowest BCUT2D eigenvalue weighted by Crippen LogP contribution is -2.46. The summed E-state index contributed by atoms with van der Waals surface area (Å²) in [6.45, 7) is 4.70. The van der Waals surface area contributed by atoms with Gasteiger partial charge in [-0.3, -0.25) is 9.59 Å². The first-order chi connectivity index (χ1) is 9.99. The molecule has 1 aromatic carbocycles. The average molecular weight is 289 g/mol. The van der Waals surface area contributed by atoms with Crippen LogP contribution in [-0.4, -0.2) is 30.9 Å². The molecule has 0 radical (unpaired) electrons. The van der Waals surface area contributed by atoms with Gasteiger partial charge in [-0.25, -0.2) is 0 Å². The van der Waals surface area contributed by atoms with E-state index in [1.165, 1.54) is 5.56 Å². The zero-order valence-electron chi connectivity index (χ0n) is 12.6. The fourth-order valence-electron chi connectivity index (χ4n) is 2.60. The molecule has 0 aromatic heterocycles. The van der Waals surface area contributed by atoms with Crippen molar-refractivity contribution < 1.29 is 9.59 Å². The summed E-state index contributed by atoms with van der Waals surface area (Å²) in [7, 11) is 0. The van der Waals surface area contributed by atoms with Crippen molar-refractivity contribution in [2.75, 3.05) is 18.0 Å². The van der Waals surface area contributed by atoms with Gasteiger partial charge in [-0.15, -0.1) is 0 Å². The highest BCUT2D eigenvalue weighted by Crippen LogP contribution is 2.27. The van der Waals surface area contributed by atoms with E-state index in [4.69, 9.17) is 5.73 Å². The zero-order chi connectivity index (χ0) is 15.4. The van der Waals surface area contributed by atoms with E-state index >= 15 is 0 Å². The van der Waals surface area contributed by atoms with Crippen LogP contribution in [0.4, 0.5) is 5.69 Å². The number of anilines is 1. The van der Waals surface area contributed by atoms with Crippen LogP contribution in [0.1, 0.15) is 25.8 Å². The highest BCUT2D eigenvalue weighted by atomic mass is 16.2. The van der Waals surface area contributed by atoms with Crippen molar-refractivity contribution in [1.82, 2.24) is 5.32 Å². The Morgan fingerprint density at radius 2 is 2.05 bits per heavy atom. The van der Waals surface area contributed by atoms with Crippen LogP contribution >= 0.6 is 0 Å². The van der Waals surface area contributed by atoms with Crippen LogP contribution in [0, 0.1) is 5.92 Å². The van der Waals surface area contributed by atoms with Crippen LogP contribution in [0.2, 0.25) is 0 Å². The van der Waals surface area contributed by atoms with Gasteiger partial charge in [0.15, 0.2) is 0 Å². The van der Waals surface area contributed by atoms with E-state index in [0.717, 1.165) is 12.1 Å². The van der Waals surface area contributed by atoms with Gasteiger partial charge in [-0.2, -0.15) is 0 Å². The minimum Gasteiger partial charge on any atom is -0.346 e. The lowest BCUT2D eigenvalue weighted by molar-refractivity contribution is -0.126. The Kier molecular flexibility index (Phi) is 4.96. The van der Waals surface area contributed by atoms with Crippen LogP contribution in [0.5, 0.6) is 0 Å². The highest BCUT2D eigenvalue weighted by Gasteiger charge is 2.24. The lowest BCUT2D eigenvalue weighted by atomic mass is 10.0. The van der Waals surface area contributed by atoms with Crippen LogP contribution < -0.4 is 16.0 Å². The number of nitrogens with one attached hydrogen (secondary N) is 1. The Bertz CT molecular complexity index is 528. The van der Waals surface area contributed by atoms with Crippen molar-refractivity contribution in [1.29, 1.82) is 0 Å². The fourth-order valence-corrected chi connectivity index (χ4v) is 2.60. The molecule has 0 aliphatic carbocycles. The Labute approximate surface area is 125 Å². The number of amides is 2. The third-order valence-corrected chi connectivity index (χ3v) is 3.66. The quantitative estimate of drug-likeness (QED) is 0.851. The van der Waals surface area contributed by atoms with Crippen molar-refractivity contribution in [3.05, 3.63) is 29.8 Å². The average Bonchev–Trinajstić information content (AvgIpc) is 2.87. The van der Waals surface area contributed by atoms with E-state index in [1.807, 2.05) is 38.1 Å². The molecule has 3 N–H and O–H groups in total. The number of benzene rings is 1. The molecular weight excluding hydrogens is 266 g/mol. The number of nitrogens with zero attached hydrogens (tertiary/aromatic N) is 1. The topological polar surface area (TPSA) is 75.4 Å². The Morgan fingerprint density at radius 1 is 1.33 bits per heavy atom. The van der Waals surface area contributed by atoms with Gasteiger partial charge in [0.2, 0.25) is 11.8 Å². The summed E-state index contributed by atoms with van der Waals surface area (Å²) >= 11 is 0. The van der Waals surface area contributed by atoms with Gasteiger partial charge in [0.1, 0.15) is 0 Å². The number of hydrogen-bond acceptors (Lipinski definition) is 3. The maximum atomic E-state index is 12.2. The monoisotopic (exact) mass is 289 g/mol. The standard InChI is InChI=1S/C16H23N3O2/c1-11(2)9-13(17)16(21)18-10-15(20)19-8-7-12-5-3-4-6-14(12)19/h3-6,11,13H,7-10,17H2,1-2H3,(H,18,21)/t13-/m0/s1.